The summed E-state index contributed by atoms with van der Waals surface area (Å²) in [7, 11) is 1.61. The van der Waals surface area contributed by atoms with E-state index in [0.29, 0.717) is 36.6 Å². The first-order chi connectivity index (χ1) is 16.0. The largest absolute Gasteiger partial charge is 0.496 e. The van der Waals surface area contributed by atoms with Gasteiger partial charge in [-0.05, 0) is 57.6 Å². The van der Waals surface area contributed by atoms with Gasteiger partial charge in [0.05, 0.1) is 12.8 Å². The maximum absolute atomic E-state index is 12.4. The zero-order chi connectivity index (χ0) is 25.0. The number of benzene rings is 1. The SMILES string of the molecule is CCc1nc(C(N)=O)c(Nc2ccc(C3CCN(C(=O)OC(C)(C)C)CC3)c(OC)c2)nc1Cl. The molecule has 34 heavy (non-hydrogen) atoms. The number of rotatable bonds is 6. The maximum atomic E-state index is 12.4. The van der Waals surface area contributed by atoms with Gasteiger partial charge < -0.3 is 25.4 Å². The smallest absolute Gasteiger partial charge is 0.410 e. The Balaban J connectivity index is 1.76. The van der Waals surface area contributed by atoms with Gasteiger partial charge in [-0.15, -0.1) is 0 Å². The first-order valence-electron chi connectivity index (χ1n) is 11.3. The predicted octanol–water partition coefficient (Wildman–Crippen LogP) is 4.66. The number of primary amides is 1. The normalized spacial score (nSPS) is 14.6. The van der Waals surface area contributed by atoms with Gasteiger partial charge in [0.15, 0.2) is 16.7 Å². The van der Waals surface area contributed by atoms with E-state index in [0.717, 1.165) is 18.4 Å². The lowest BCUT2D eigenvalue weighted by molar-refractivity contribution is 0.0204. The number of hydrogen-bond donors (Lipinski definition) is 2. The number of piperidine rings is 1. The van der Waals surface area contributed by atoms with Crippen LogP contribution >= 0.6 is 11.6 Å². The Morgan fingerprint density at radius 1 is 1.24 bits per heavy atom. The van der Waals surface area contributed by atoms with E-state index in [4.69, 9.17) is 26.8 Å². The molecule has 0 aliphatic carbocycles. The molecule has 0 radical (unpaired) electrons. The quantitative estimate of drug-likeness (QED) is 0.605. The third-order valence-electron chi connectivity index (χ3n) is 5.57. The van der Waals surface area contributed by atoms with Gasteiger partial charge in [-0.1, -0.05) is 24.6 Å². The highest BCUT2D eigenvalue weighted by atomic mass is 35.5. The van der Waals surface area contributed by atoms with Crippen LogP contribution in [0.1, 0.15) is 68.2 Å². The fourth-order valence-electron chi connectivity index (χ4n) is 3.90. The Morgan fingerprint density at radius 2 is 1.91 bits per heavy atom. The molecule has 0 bridgehead atoms. The number of nitrogens with two attached hydrogens (primary N) is 1. The lowest BCUT2D eigenvalue weighted by Crippen LogP contribution is -2.41. The van der Waals surface area contributed by atoms with Crippen LogP contribution in [0.25, 0.3) is 0 Å². The third-order valence-corrected chi connectivity index (χ3v) is 5.87. The topological polar surface area (TPSA) is 120 Å². The van der Waals surface area contributed by atoms with Gasteiger partial charge in [0.25, 0.3) is 5.91 Å². The number of nitrogens with one attached hydrogen (secondary N) is 1. The van der Waals surface area contributed by atoms with Crippen LogP contribution in [0.5, 0.6) is 5.75 Å². The molecule has 1 aromatic heterocycles. The molecule has 1 saturated heterocycles. The van der Waals surface area contributed by atoms with E-state index in [-0.39, 0.29) is 28.7 Å². The molecular weight excluding hydrogens is 458 g/mol. The summed E-state index contributed by atoms with van der Waals surface area (Å²) in [6.45, 7) is 8.69. The average Bonchev–Trinajstić information content (AvgIpc) is 2.78. The van der Waals surface area contributed by atoms with E-state index in [2.05, 4.69) is 15.3 Å². The monoisotopic (exact) mass is 489 g/mol. The molecule has 1 aromatic carbocycles. The number of hydrogen-bond acceptors (Lipinski definition) is 7. The van der Waals surface area contributed by atoms with Crippen molar-refractivity contribution in [2.24, 2.45) is 5.73 Å². The maximum Gasteiger partial charge on any atom is 0.410 e. The zero-order valence-corrected chi connectivity index (χ0v) is 21.0. The van der Waals surface area contributed by atoms with E-state index < -0.39 is 11.5 Å². The van der Waals surface area contributed by atoms with E-state index in [1.807, 2.05) is 45.9 Å². The molecule has 3 rings (SSSR count). The molecule has 9 nitrogen and oxygen atoms in total. The van der Waals surface area contributed by atoms with Crippen molar-refractivity contribution in [2.45, 2.75) is 58.5 Å². The number of nitrogens with zero attached hydrogens (tertiary/aromatic N) is 3. The summed E-state index contributed by atoms with van der Waals surface area (Å²) in [5, 5.41) is 3.30. The van der Waals surface area contributed by atoms with Gasteiger partial charge in [-0.25, -0.2) is 14.8 Å². The van der Waals surface area contributed by atoms with Crippen molar-refractivity contribution in [3.05, 3.63) is 40.3 Å². The molecule has 2 amide bonds. The molecule has 1 aliphatic rings. The Hall–Kier alpha value is -3.07. The van der Waals surface area contributed by atoms with Gasteiger partial charge in [0, 0.05) is 24.8 Å². The lowest BCUT2D eigenvalue weighted by atomic mass is 9.88. The summed E-state index contributed by atoms with van der Waals surface area (Å²) in [5.41, 5.74) is 7.23. The standard InChI is InChI=1S/C24H32ClN5O4/c1-6-17-20(25)29-22(19(28-17)21(26)31)27-15-7-8-16(18(13-15)33-5)14-9-11-30(12-10-14)23(32)34-24(2,3)4/h7-8,13-14H,6,9-12H2,1-5H3,(H2,26,31)(H,27,29). The fourth-order valence-corrected chi connectivity index (χ4v) is 4.16. The highest BCUT2D eigenvalue weighted by molar-refractivity contribution is 6.30. The molecule has 1 fully saturated rings. The molecule has 0 unspecified atom stereocenters. The fraction of sp³-hybridized carbons (Fsp3) is 0.500. The molecule has 0 saturated carbocycles. The first kappa shape index (κ1) is 25.6. The van der Waals surface area contributed by atoms with E-state index in [1.54, 1.807) is 12.0 Å². The Bertz CT molecular complexity index is 1060. The second-order valence-electron chi connectivity index (χ2n) is 9.20. The van der Waals surface area contributed by atoms with Gasteiger partial charge >= 0.3 is 6.09 Å². The number of likely N-dealkylation sites (tertiary alicyclic amines) is 1. The van der Waals surface area contributed by atoms with Gasteiger partial charge in [0.1, 0.15) is 11.4 Å². The van der Waals surface area contributed by atoms with Crippen LogP contribution in [0.4, 0.5) is 16.3 Å². The van der Waals surface area contributed by atoms with Gasteiger partial charge in [-0.3, -0.25) is 4.79 Å². The number of ether oxygens (including phenoxy) is 2. The molecule has 2 heterocycles. The molecular formula is C24H32ClN5O4. The molecule has 184 valence electrons. The number of carbonyl (C=O) groups excluding carboxylic acids is 2. The van der Waals surface area contributed by atoms with Crippen molar-refractivity contribution < 1.29 is 19.1 Å². The molecule has 1 aliphatic heterocycles. The predicted molar refractivity (Wildman–Crippen MR) is 131 cm³/mol. The van der Waals surface area contributed by atoms with Crippen molar-refractivity contribution >= 4 is 35.1 Å². The van der Waals surface area contributed by atoms with Gasteiger partial charge in [-0.2, -0.15) is 0 Å². The first-order valence-corrected chi connectivity index (χ1v) is 11.7. The number of amides is 2. The van der Waals surface area contributed by atoms with Crippen molar-refractivity contribution in [2.75, 3.05) is 25.5 Å². The highest BCUT2D eigenvalue weighted by Gasteiger charge is 2.29. The van der Waals surface area contributed by atoms with Crippen molar-refractivity contribution in [1.29, 1.82) is 0 Å². The number of methoxy groups -OCH3 is 1. The summed E-state index contributed by atoms with van der Waals surface area (Å²) in [4.78, 5) is 34.5. The Kier molecular flexibility index (Phi) is 7.86. The van der Waals surface area contributed by atoms with Crippen LogP contribution in [0.2, 0.25) is 5.15 Å². The highest BCUT2D eigenvalue weighted by Crippen LogP contribution is 2.37. The molecule has 0 spiro atoms. The van der Waals surface area contributed by atoms with Crippen LogP contribution in [0.15, 0.2) is 18.2 Å². The number of halogens is 1. The zero-order valence-electron chi connectivity index (χ0n) is 20.3. The minimum atomic E-state index is -0.693. The van der Waals surface area contributed by atoms with Crippen LogP contribution in [-0.4, -0.2) is 52.7 Å². The van der Waals surface area contributed by atoms with Gasteiger partial charge in [0.2, 0.25) is 0 Å². The summed E-state index contributed by atoms with van der Waals surface area (Å²) in [6, 6.07) is 5.70. The van der Waals surface area contributed by atoms with E-state index in [1.165, 1.54) is 0 Å². The number of aromatic nitrogens is 2. The van der Waals surface area contributed by atoms with E-state index in [9.17, 15) is 9.59 Å². The second-order valence-corrected chi connectivity index (χ2v) is 9.56. The summed E-state index contributed by atoms with van der Waals surface area (Å²) >= 11 is 6.20. The van der Waals surface area contributed by atoms with Crippen LogP contribution in [0, 0.1) is 0 Å². The molecule has 2 aromatic rings. The molecule has 3 N–H and O–H groups in total. The number of carbonyl (C=O) groups is 2. The van der Waals surface area contributed by atoms with Crippen molar-refractivity contribution in [3.8, 4) is 5.75 Å². The average molecular weight is 490 g/mol. The molecule has 10 heteroatoms. The summed E-state index contributed by atoms with van der Waals surface area (Å²) < 4.78 is 11.1. The summed E-state index contributed by atoms with van der Waals surface area (Å²) in [6.07, 6.45) is 1.85. The van der Waals surface area contributed by atoms with E-state index >= 15 is 0 Å². The minimum Gasteiger partial charge on any atom is -0.496 e. The lowest BCUT2D eigenvalue weighted by Gasteiger charge is -2.34. The van der Waals surface area contributed by atoms with Crippen LogP contribution in [0.3, 0.4) is 0 Å². The number of anilines is 2. The Labute approximate surface area is 205 Å². The molecule has 0 atom stereocenters. The minimum absolute atomic E-state index is 0.0267. The van der Waals surface area contributed by atoms with Crippen LogP contribution in [-0.2, 0) is 11.2 Å². The number of aryl methyl sites for hydroxylation is 1. The summed E-state index contributed by atoms with van der Waals surface area (Å²) in [5.74, 6) is 0.435. The van der Waals surface area contributed by atoms with Crippen molar-refractivity contribution in [1.82, 2.24) is 14.9 Å². The second kappa shape index (κ2) is 10.5. The third kappa shape index (κ3) is 6.08. The van der Waals surface area contributed by atoms with Crippen molar-refractivity contribution in [3.63, 3.8) is 0 Å². The Morgan fingerprint density at radius 3 is 2.47 bits per heavy atom. The van der Waals surface area contributed by atoms with Crippen LogP contribution < -0.4 is 15.8 Å².